The van der Waals surface area contributed by atoms with Gasteiger partial charge in [0, 0.05) is 11.3 Å². The Kier molecular flexibility index (Phi) is 5.51. The molecule has 3 rings (SSSR count). The van der Waals surface area contributed by atoms with Crippen molar-refractivity contribution in [2.24, 2.45) is 0 Å². The summed E-state index contributed by atoms with van der Waals surface area (Å²) in [4.78, 5) is 12.6. The van der Waals surface area contributed by atoms with Crippen LogP contribution in [0.3, 0.4) is 0 Å². The van der Waals surface area contributed by atoms with Crippen LogP contribution in [0.5, 0.6) is 0 Å². The number of carbonyl (C=O) groups excluding carboxylic acids is 1. The van der Waals surface area contributed by atoms with Crippen LogP contribution >= 0.6 is 0 Å². The quantitative estimate of drug-likeness (QED) is 0.661. The molecule has 1 amide bonds. The molecule has 0 aliphatic carbocycles. The molecule has 0 radical (unpaired) electrons. The first-order valence-corrected chi connectivity index (χ1v) is 10.3. The lowest BCUT2D eigenvalue weighted by Gasteiger charge is -2.12. The molecule has 5 nitrogen and oxygen atoms in total. The fraction of sp³-hybridized carbons (Fsp3) is 0.136. The minimum absolute atomic E-state index is 0.0963. The third kappa shape index (κ3) is 4.23. The Morgan fingerprint density at radius 2 is 1.36 bits per heavy atom. The molecule has 28 heavy (non-hydrogen) atoms. The number of hydrogen-bond donors (Lipinski definition) is 2. The number of amides is 1. The lowest BCUT2D eigenvalue weighted by Crippen LogP contribution is -2.15. The van der Waals surface area contributed by atoms with Crippen molar-refractivity contribution in [3.05, 3.63) is 89.0 Å². The van der Waals surface area contributed by atoms with Gasteiger partial charge in [-0.15, -0.1) is 0 Å². The predicted molar refractivity (Wildman–Crippen MR) is 112 cm³/mol. The maximum Gasteiger partial charge on any atom is 0.261 e. The number of carbonyl (C=O) groups is 1. The van der Waals surface area contributed by atoms with Crippen LogP contribution in [-0.2, 0) is 10.0 Å². The molecule has 6 heteroatoms. The van der Waals surface area contributed by atoms with E-state index in [1.807, 2.05) is 51.1 Å². The smallest absolute Gasteiger partial charge is 0.261 e. The molecule has 0 heterocycles. The van der Waals surface area contributed by atoms with Crippen molar-refractivity contribution in [1.29, 1.82) is 0 Å². The second kappa shape index (κ2) is 7.86. The summed E-state index contributed by atoms with van der Waals surface area (Å²) in [5.41, 5.74) is 4.56. The number of nitrogens with one attached hydrogen (secondary N) is 2. The highest BCUT2D eigenvalue weighted by Crippen LogP contribution is 2.21. The highest BCUT2D eigenvalue weighted by Gasteiger charge is 2.16. The standard InChI is InChI=1S/C22H22N2O3S/c1-15-8-6-10-21(17(15)3)23-22(25)18-11-13-19(14-12-18)28(26,27)24-20-9-5-4-7-16(20)2/h4-14,24H,1-3H3,(H,23,25). The number of para-hydroxylation sites is 1. The van der Waals surface area contributed by atoms with Gasteiger partial charge in [-0.2, -0.15) is 0 Å². The first kappa shape index (κ1) is 19.6. The van der Waals surface area contributed by atoms with Gasteiger partial charge in [-0.3, -0.25) is 9.52 Å². The van der Waals surface area contributed by atoms with E-state index in [1.165, 1.54) is 24.3 Å². The van der Waals surface area contributed by atoms with Gasteiger partial charge in [0.15, 0.2) is 0 Å². The van der Waals surface area contributed by atoms with Crippen LogP contribution in [-0.4, -0.2) is 14.3 Å². The van der Waals surface area contributed by atoms with Gasteiger partial charge in [-0.1, -0.05) is 30.3 Å². The summed E-state index contributed by atoms with van der Waals surface area (Å²) in [5.74, 6) is -0.287. The minimum Gasteiger partial charge on any atom is -0.322 e. The zero-order chi connectivity index (χ0) is 20.3. The van der Waals surface area contributed by atoms with Crippen LogP contribution in [0.15, 0.2) is 71.6 Å². The molecule has 0 fully saturated rings. The lowest BCUT2D eigenvalue weighted by molar-refractivity contribution is 0.102. The Morgan fingerprint density at radius 3 is 2.04 bits per heavy atom. The van der Waals surface area contributed by atoms with E-state index in [0.717, 1.165) is 22.4 Å². The third-order valence-electron chi connectivity index (χ3n) is 4.67. The maximum atomic E-state index is 12.6. The topological polar surface area (TPSA) is 75.3 Å². The maximum absolute atomic E-state index is 12.6. The van der Waals surface area contributed by atoms with E-state index in [9.17, 15) is 13.2 Å². The van der Waals surface area contributed by atoms with E-state index < -0.39 is 10.0 Å². The van der Waals surface area contributed by atoms with Crippen molar-refractivity contribution in [3.8, 4) is 0 Å². The van der Waals surface area contributed by atoms with Crippen LogP contribution in [0.25, 0.3) is 0 Å². The Hall–Kier alpha value is -3.12. The van der Waals surface area contributed by atoms with Gasteiger partial charge in [0.05, 0.1) is 10.6 Å². The lowest BCUT2D eigenvalue weighted by atomic mass is 10.1. The molecular formula is C22H22N2O3S. The summed E-state index contributed by atoms with van der Waals surface area (Å²) in [6.45, 7) is 5.75. The number of hydrogen-bond acceptors (Lipinski definition) is 3. The van der Waals surface area contributed by atoms with Crippen LogP contribution in [0.4, 0.5) is 11.4 Å². The first-order valence-electron chi connectivity index (χ1n) is 8.84. The summed E-state index contributed by atoms with van der Waals surface area (Å²) in [5, 5.41) is 2.87. The molecule has 3 aromatic carbocycles. The van der Waals surface area contributed by atoms with E-state index in [2.05, 4.69) is 10.0 Å². The number of benzene rings is 3. The molecule has 0 aliphatic heterocycles. The minimum atomic E-state index is -3.73. The molecule has 0 saturated heterocycles. The number of rotatable bonds is 5. The highest BCUT2D eigenvalue weighted by molar-refractivity contribution is 7.92. The largest absolute Gasteiger partial charge is 0.322 e. The highest BCUT2D eigenvalue weighted by atomic mass is 32.2. The second-order valence-electron chi connectivity index (χ2n) is 6.65. The molecular weight excluding hydrogens is 372 g/mol. The van der Waals surface area contributed by atoms with Gasteiger partial charge >= 0.3 is 0 Å². The zero-order valence-corrected chi connectivity index (χ0v) is 16.8. The van der Waals surface area contributed by atoms with Gasteiger partial charge in [-0.05, 0) is 73.9 Å². The fourth-order valence-corrected chi connectivity index (χ4v) is 3.89. The van der Waals surface area contributed by atoms with E-state index >= 15 is 0 Å². The second-order valence-corrected chi connectivity index (χ2v) is 8.33. The van der Waals surface area contributed by atoms with Crippen LogP contribution in [0, 0.1) is 20.8 Å². The Morgan fingerprint density at radius 1 is 0.750 bits per heavy atom. The van der Waals surface area contributed by atoms with Gasteiger partial charge < -0.3 is 5.32 Å². The van der Waals surface area contributed by atoms with Crippen LogP contribution in [0.2, 0.25) is 0 Å². The Labute approximate surface area is 165 Å². The summed E-state index contributed by atoms with van der Waals surface area (Å²) in [6, 6.07) is 18.7. The molecule has 0 spiro atoms. The average Bonchev–Trinajstić information content (AvgIpc) is 2.67. The van der Waals surface area contributed by atoms with E-state index in [0.29, 0.717) is 11.3 Å². The van der Waals surface area contributed by atoms with E-state index in [4.69, 9.17) is 0 Å². The molecule has 144 valence electrons. The number of anilines is 2. The van der Waals surface area contributed by atoms with Crippen molar-refractivity contribution < 1.29 is 13.2 Å². The average molecular weight is 394 g/mol. The zero-order valence-electron chi connectivity index (χ0n) is 16.0. The van der Waals surface area contributed by atoms with Crippen molar-refractivity contribution in [3.63, 3.8) is 0 Å². The normalized spacial score (nSPS) is 11.1. The van der Waals surface area contributed by atoms with E-state index in [1.54, 1.807) is 12.1 Å². The molecule has 0 saturated carbocycles. The summed E-state index contributed by atoms with van der Waals surface area (Å²) < 4.78 is 27.8. The van der Waals surface area contributed by atoms with Gasteiger partial charge in [0.1, 0.15) is 0 Å². The predicted octanol–water partition coefficient (Wildman–Crippen LogP) is 4.66. The van der Waals surface area contributed by atoms with Gasteiger partial charge in [0.2, 0.25) is 0 Å². The van der Waals surface area contributed by atoms with Crippen molar-refractivity contribution >= 4 is 27.3 Å². The molecule has 0 bridgehead atoms. The summed E-state index contributed by atoms with van der Waals surface area (Å²) in [6.07, 6.45) is 0. The number of sulfonamides is 1. The summed E-state index contributed by atoms with van der Waals surface area (Å²) >= 11 is 0. The van der Waals surface area contributed by atoms with Crippen LogP contribution in [0.1, 0.15) is 27.0 Å². The van der Waals surface area contributed by atoms with E-state index in [-0.39, 0.29) is 10.8 Å². The SMILES string of the molecule is Cc1ccccc1NS(=O)(=O)c1ccc(C(=O)Nc2cccc(C)c2C)cc1. The van der Waals surface area contributed by atoms with Crippen molar-refractivity contribution in [1.82, 2.24) is 0 Å². The summed E-state index contributed by atoms with van der Waals surface area (Å²) in [7, 11) is -3.73. The molecule has 3 aromatic rings. The molecule has 0 aromatic heterocycles. The molecule has 2 N–H and O–H groups in total. The molecule has 0 unspecified atom stereocenters. The Balaban J connectivity index is 1.78. The molecule has 0 aliphatic rings. The fourth-order valence-electron chi connectivity index (χ4n) is 2.76. The van der Waals surface area contributed by atoms with Gasteiger partial charge in [0.25, 0.3) is 15.9 Å². The first-order chi connectivity index (χ1) is 13.3. The van der Waals surface area contributed by atoms with Gasteiger partial charge in [-0.25, -0.2) is 8.42 Å². The van der Waals surface area contributed by atoms with Crippen molar-refractivity contribution in [2.75, 3.05) is 10.0 Å². The number of aryl methyl sites for hydroxylation is 2. The third-order valence-corrected chi connectivity index (χ3v) is 6.05. The Bertz CT molecular complexity index is 1120. The van der Waals surface area contributed by atoms with Crippen LogP contribution < -0.4 is 10.0 Å². The monoisotopic (exact) mass is 394 g/mol. The molecule has 0 atom stereocenters. The van der Waals surface area contributed by atoms with Crippen molar-refractivity contribution in [2.45, 2.75) is 25.7 Å².